The number of β-amino-alcohol motifs (C(OH)–C–C–N with tert-alkyl or cyclic N) is 2. The van der Waals surface area contributed by atoms with Crippen molar-refractivity contribution in [3.63, 3.8) is 0 Å². The maximum atomic E-state index is 13.8. The molecule has 7 heterocycles. The van der Waals surface area contributed by atoms with Crippen molar-refractivity contribution in [2.24, 2.45) is 0 Å². The predicted octanol–water partition coefficient (Wildman–Crippen LogP) is 2.25. The molecule has 2 saturated heterocycles. The first-order chi connectivity index (χ1) is 28.0. The summed E-state index contributed by atoms with van der Waals surface area (Å²) in [4.78, 5) is 64.1. The SMILES string of the molecule is Cc1c(C=C2C(=O)Nc3ccc(F)cc32)[nH]c2c1C(=O)N(CC(O)CN1CCOCC1)CCC2.Cc1c(C=O)[nH]c2c1C(=O)N(CC(O)CN1CCOCC1)CCC2. The summed E-state index contributed by atoms with van der Waals surface area (Å²) in [5, 5.41) is 23.8. The van der Waals surface area contributed by atoms with Crippen LogP contribution in [0.25, 0.3) is 11.6 Å². The number of nitrogens with zero attached hydrogens (tertiary/aromatic N) is 4. The fraction of sp³-hybridized carbons (Fsp3) is 0.524. The van der Waals surface area contributed by atoms with Crippen molar-refractivity contribution in [3.05, 3.63) is 74.6 Å². The molecule has 16 heteroatoms. The molecule has 5 aliphatic rings. The lowest BCUT2D eigenvalue weighted by Gasteiger charge is -2.31. The number of amides is 3. The summed E-state index contributed by atoms with van der Waals surface area (Å²) in [6.07, 6.45) is 4.25. The van der Waals surface area contributed by atoms with Gasteiger partial charge in [-0.25, -0.2) is 4.39 Å². The van der Waals surface area contributed by atoms with Crippen LogP contribution < -0.4 is 5.32 Å². The molecule has 5 aliphatic heterocycles. The van der Waals surface area contributed by atoms with Gasteiger partial charge in [-0.2, -0.15) is 0 Å². The number of morpholine rings is 2. The van der Waals surface area contributed by atoms with Crippen LogP contribution in [0.1, 0.15) is 77.8 Å². The van der Waals surface area contributed by atoms with Crippen LogP contribution in [0.15, 0.2) is 18.2 Å². The number of rotatable bonds is 10. The highest BCUT2D eigenvalue weighted by Gasteiger charge is 2.32. The fourth-order valence-electron chi connectivity index (χ4n) is 8.57. The summed E-state index contributed by atoms with van der Waals surface area (Å²) in [6.45, 7) is 12.4. The van der Waals surface area contributed by atoms with E-state index in [9.17, 15) is 33.8 Å². The molecule has 2 fully saturated rings. The highest BCUT2D eigenvalue weighted by molar-refractivity contribution is 6.35. The number of aromatic amines is 2. The maximum Gasteiger partial charge on any atom is 0.256 e. The van der Waals surface area contributed by atoms with E-state index < -0.39 is 18.0 Å². The Balaban J connectivity index is 0.000000188. The number of carbonyl (C=O) groups is 4. The van der Waals surface area contributed by atoms with Crippen molar-refractivity contribution in [1.29, 1.82) is 0 Å². The monoisotopic (exact) mass is 803 g/mol. The van der Waals surface area contributed by atoms with Gasteiger partial charge in [-0.15, -0.1) is 0 Å². The largest absolute Gasteiger partial charge is 0.390 e. The van der Waals surface area contributed by atoms with E-state index in [0.717, 1.165) is 68.7 Å². The molecule has 8 rings (SSSR count). The van der Waals surface area contributed by atoms with E-state index >= 15 is 0 Å². The van der Waals surface area contributed by atoms with Crippen molar-refractivity contribution in [3.8, 4) is 0 Å². The fourth-order valence-corrected chi connectivity index (χ4v) is 8.57. The van der Waals surface area contributed by atoms with Crippen LogP contribution in [-0.2, 0) is 27.1 Å². The van der Waals surface area contributed by atoms with E-state index in [1.807, 2.05) is 6.92 Å². The molecule has 15 nitrogen and oxygen atoms in total. The van der Waals surface area contributed by atoms with Crippen LogP contribution in [0, 0.1) is 19.7 Å². The van der Waals surface area contributed by atoms with E-state index in [-0.39, 0.29) is 24.3 Å². The third kappa shape index (κ3) is 9.27. The lowest BCUT2D eigenvalue weighted by Crippen LogP contribution is -2.46. The molecule has 2 atom stereocenters. The molecule has 0 radical (unpaired) electrons. The Kier molecular flexibility index (Phi) is 13.2. The summed E-state index contributed by atoms with van der Waals surface area (Å²) in [6, 6.07) is 4.19. The molecule has 3 aromatic rings. The molecule has 58 heavy (non-hydrogen) atoms. The summed E-state index contributed by atoms with van der Waals surface area (Å²) in [5.41, 5.74) is 6.91. The van der Waals surface area contributed by atoms with Crippen molar-refractivity contribution >= 4 is 41.3 Å². The van der Waals surface area contributed by atoms with Crippen LogP contribution in [0.5, 0.6) is 0 Å². The number of H-pyrrole nitrogens is 2. The van der Waals surface area contributed by atoms with Gasteiger partial charge < -0.3 is 44.8 Å². The number of aryl methyl sites for hydroxylation is 2. The summed E-state index contributed by atoms with van der Waals surface area (Å²) in [5.74, 6) is -0.926. The van der Waals surface area contributed by atoms with Gasteiger partial charge in [0.25, 0.3) is 17.7 Å². The third-order valence-corrected chi connectivity index (χ3v) is 11.6. The second kappa shape index (κ2) is 18.5. The van der Waals surface area contributed by atoms with Crippen molar-refractivity contribution in [1.82, 2.24) is 29.6 Å². The van der Waals surface area contributed by atoms with E-state index in [0.29, 0.717) is 110 Å². The molecule has 5 N–H and O–H groups in total. The van der Waals surface area contributed by atoms with E-state index in [4.69, 9.17) is 9.47 Å². The number of aldehydes is 1. The molecule has 0 spiro atoms. The molecule has 0 saturated carbocycles. The Morgan fingerprint density at radius 2 is 1.24 bits per heavy atom. The zero-order chi connectivity index (χ0) is 40.9. The number of anilines is 1. The Morgan fingerprint density at radius 3 is 1.76 bits per heavy atom. The van der Waals surface area contributed by atoms with Gasteiger partial charge in [-0.3, -0.25) is 29.0 Å². The maximum absolute atomic E-state index is 13.8. The van der Waals surface area contributed by atoms with Crippen LogP contribution in [-0.4, -0.2) is 168 Å². The Hall–Kier alpha value is -4.71. The van der Waals surface area contributed by atoms with Gasteiger partial charge in [0.05, 0.1) is 61.0 Å². The van der Waals surface area contributed by atoms with Gasteiger partial charge in [0, 0.05) is 93.8 Å². The standard InChI is InChI=1S/C25H29FN4O4.C17H25N3O4/c1-15-22(12-19-18-11-16(26)4-5-20(18)28-24(19)32)27-21-3-2-6-30(25(33)23(15)21)14-17(31)13-29-7-9-34-10-8-29;1-12-15(11-21)18-14-3-2-4-20(17(23)16(12)14)10-13(22)9-19-5-7-24-8-6-19/h4-5,11-12,17,27,31H,2-3,6-10,13-14H2,1H3,(H,28,32);11,13,18,22H,2-10H2,1H3. The smallest absolute Gasteiger partial charge is 0.256 e. The number of aliphatic hydroxyl groups is 2. The lowest BCUT2D eigenvalue weighted by atomic mass is 10.0. The second-order valence-corrected chi connectivity index (χ2v) is 15.7. The van der Waals surface area contributed by atoms with Gasteiger partial charge in [0.2, 0.25) is 0 Å². The summed E-state index contributed by atoms with van der Waals surface area (Å²) < 4.78 is 24.5. The van der Waals surface area contributed by atoms with Crippen LogP contribution in [0.4, 0.5) is 10.1 Å². The number of nitrogens with one attached hydrogen (secondary N) is 3. The number of carbonyl (C=O) groups excluding carboxylic acids is 4. The molecule has 3 amide bonds. The molecule has 2 unspecified atom stereocenters. The van der Waals surface area contributed by atoms with Crippen molar-refractivity contribution in [2.75, 3.05) is 97.2 Å². The first-order valence-electron chi connectivity index (χ1n) is 20.3. The van der Waals surface area contributed by atoms with E-state index in [1.54, 1.807) is 28.9 Å². The second-order valence-electron chi connectivity index (χ2n) is 15.7. The van der Waals surface area contributed by atoms with Crippen molar-refractivity contribution in [2.45, 2.75) is 51.7 Å². The third-order valence-electron chi connectivity index (χ3n) is 11.6. The zero-order valence-corrected chi connectivity index (χ0v) is 33.3. The average molecular weight is 804 g/mol. The first-order valence-corrected chi connectivity index (χ1v) is 20.3. The lowest BCUT2D eigenvalue weighted by molar-refractivity contribution is -0.110. The van der Waals surface area contributed by atoms with Crippen LogP contribution in [0.2, 0.25) is 0 Å². The summed E-state index contributed by atoms with van der Waals surface area (Å²) >= 11 is 0. The van der Waals surface area contributed by atoms with Crippen LogP contribution in [0.3, 0.4) is 0 Å². The minimum absolute atomic E-state index is 0.0922. The van der Waals surface area contributed by atoms with E-state index in [2.05, 4.69) is 25.1 Å². The molecule has 2 aromatic heterocycles. The quantitative estimate of drug-likeness (QED) is 0.151. The predicted molar refractivity (Wildman–Crippen MR) is 214 cm³/mol. The molecule has 0 aliphatic carbocycles. The normalized spacial score (nSPS) is 20.7. The average Bonchev–Trinajstić information content (AvgIpc) is 3.73. The molecular weight excluding hydrogens is 750 g/mol. The number of aromatic nitrogens is 2. The van der Waals surface area contributed by atoms with Gasteiger partial charge in [0.15, 0.2) is 6.29 Å². The number of halogens is 1. The first kappa shape index (κ1) is 41.4. The summed E-state index contributed by atoms with van der Waals surface area (Å²) in [7, 11) is 0. The van der Waals surface area contributed by atoms with Gasteiger partial charge in [0.1, 0.15) is 5.82 Å². The highest BCUT2D eigenvalue weighted by atomic mass is 19.1. The number of hydrogen-bond donors (Lipinski definition) is 5. The molecule has 0 bridgehead atoms. The van der Waals surface area contributed by atoms with Crippen LogP contribution >= 0.6 is 0 Å². The highest BCUT2D eigenvalue weighted by Crippen LogP contribution is 2.35. The minimum atomic E-state index is -0.641. The minimum Gasteiger partial charge on any atom is -0.390 e. The Bertz CT molecular complexity index is 2030. The topological polar surface area (TPSA) is 184 Å². The number of aliphatic hydroxyl groups excluding tert-OH is 2. The van der Waals surface area contributed by atoms with Crippen molar-refractivity contribution < 1.29 is 43.3 Å². The Labute approximate surface area is 337 Å². The molecule has 312 valence electrons. The zero-order valence-electron chi connectivity index (χ0n) is 33.3. The molecular formula is C42H54FN7O8. The van der Waals surface area contributed by atoms with Gasteiger partial charge in [-0.1, -0.05) is 0 Å². The van der Waals surface area contributed by atoms with Gasteiger partial charge >= 0.3 is 0 Å². The number of ether oxygens (including phenoxy) is 2. The van der Waals surface area contributed by atoms with Gasteiger partial charge in [-0.05, 0) is 74.9 Å². The molecule has 1 aromatic carbocycles. The Morgan fingerprint density at radius 1 is 0.741 bits per heavy atom. The van der Waals surface area contributed by atoms with E-state index in [1.165, 1.54) is 12.1 Å². The number of fused-ring (bicyclic) bond motifs is 3. The number of hydrogen-bond acceptors (Lipinski definition) is 10. The number of benzene rings is 1.